The molecular formula is C32H32Cl2FN3O5. The lowest BCUT2D eigenvalue weighted by atomic mass is 9.62. The fraction of sp³-hybridized carbons (Fsp3) is 0.344. The van der Waals surface area contributed by atoms with Crippen molar-refractivity contribution in [2.45, 2.75) is 50.6 Å². The van der Waals surface area contributed by atoms with Gasteiger partial charge in [0, 0.05) is 22.7 Å². The molecule has 2 aliphatic rings. The zero-order chi connectivity index (χ0) is 31.3. The van der Waals surface area contributed by atoms with Crippen LogP contribution < -0.4 is 20.7 Å². The number of fused-ring (bicyclic) bond motifs is 2. The van der Waals surface area contributed by atoms with Crippen molar-refractivity contribution in [2.75, 3.05) is 24.9 Å². The van der Waals surface area contributed by atoms with E-state index in [1.807, 2.05) is 0 Å². The Morgan fingerprint density at radius 2 is 1.79 bits per heavy atom. The van der Waals surface area contributed by atoms with Gasteiger partial charge in [-0.2, -0.15) is 0 Å². The third-order valence-electron chi connectivity index (χ3n) is 8.09. The first-order valence-corrected chi connectivity index (χ1v) is 14.5. The smallest absolute Gasteiger partial charge is 0.337 e. The maximum Gasteiger partial charge on any atom is 0.337 e. The van der Waals surface area contributed by atoms with E-state index in [1.54, 1.807) is 30.3 Å². The van der Waals surface area contributed by atoms with Crippen molar-refractivity contribution in [1.82, 2.24) is 5.32 Å². The summed E-state index contributed by atoms with van der Waals surface area (Å²) in [4.78, 5) is 40.6. The molecule has 2 heterocycles. The zero-order valence-electron chi connectivity index (χ0n) is 24.3. The van der Waals surface area contributed by atoms with Crippen molar-refractivity contribution in [3.05, 3.63) is 87.2 Å². The van der Waals surface area contributed by atoms with Gasteiger partial charge in [0.1, 0.15) is 17.0 Å². The summed E-state index contributed by atoms with van der Waals surface area (Å²) in [5.41, 5.74) is 0.799. The van der Waals surface area contributed by atoms with Gasteiger partial charge >= 0.3 is 5.97 Å². The minimum atomic E-state index is -1.27. The summed E-state index contributed by atoms with van der Waals surface area (Å²) < 4.78 is 24.6. The number of halogens is 3. The SMILES string of the molecule is COC(=O)c1ccc(NC(=O)[C@H]2N[C@@H](CC(C)(C)C)C3(C(=O)Nc4cc(Cl)ccc43)[C@H]2c2ccc(F)c(Cl)c2)c(OC)c1. The van der Waals surface area contributed by atoms with E-state index in [1.165, 1.54) is 38.5 Å². The quantitative estimate of drug-likeness (QED) is 0.276. The van der Waals surface area contributed by atoms with Crippen LogP contribution in [0.1, 0.15) is 54.6 Å². The van der Waals surface area contributed by atoms with Crippen molar-refractivity contribution in [3.8, 4) is 5.75 Å². The fourth-order valence-electron chi connectivity index (χ4n) is 6.38. The van der Waals surface area contributed by atoms with Gasteiger partial charge in [0.25, 0.3) is 0 Å². The standard InChI is InChI=1S/C32H32Cl2FN3O5/c1-31(2,3)15-25-32(19-9-8-18(33)14-23(19)37-30(32)41)26(16-6-10-21(35)20(34)12-16)27(38-25)28(39)36-22-11-7-17(29(40)43-5)13-24(22)42-4/h6-14,25-27,38H,15H2,1-5H3,(H,36,39)(H,37,41)/t25-,26-,27-,32?/m0/s1. The molecule has 1 saturated heterocycles. The Morgan fingerprint density at radius 3 is 2.44 bits per heavy atom. The first kappa shape index (κ1) is 30.8. The van der Waals surface area contributed by atoms with Crippen molar-refractivity contribution < 1.29 is 28.2 Å². The third-order valence-corrected chi connectivity index (χ3v) is 8.61. The van der Waals surface area contributed by atoms with Crippen LogP contribution in [0.15, 0.2) is 54.6 Å². The lowest BCUT2D eigenvalue weighted by molar-refractivity contribution is -0.122. The molecule has 0 aliphatic carbocycles. The predicted octanol–water partition coefficient (Wildman–Crippen LogP) is 6.32. The number of carbonyl (C=O) groups excluding carboxylic acids is 3. The lowest BCUT2D eigenvalue weighted by Crippen LogP contribution is -2.49. The van der Waals surface area contributed by atoms with Gasteiger partial charge in [-0.3, -0.25) is 9.59 Å². The Kier molecular flexibility index (Phi) is 8.19. The van der Waals surface area contributed by atoms with Crippen LogP contribution >= 0.6 is 23.2 Å². The van der Waals surface area contributed by atoms with Gasteiger partial charge in [-0.25, -0.2) is 9.18 Å². The summed E-state index contributed by atoms with van der Waals surface area (Å²) in [6.07, 6.45) is 0.523. The number of ether oxygens (including phenoxy) is 2. The molecule has 4 atom stereocenters. The zero-order valence-corrected chi connectivity index (χ0v) is 25.8. The molecule has 226 valence electrons. The van der Waals surface area contributed by atoms with E-state index in [-0.39, 0.29) is 27.7 Å². The molecule has 3 N–H and O–H groups in total. The molecule has 43 heavy (non-hydrogen) atoms. The van der Waals surface area contributed by atoms with E-state index in [0.29, 0.717) is 33.9 Å². The van der Waals surface area contributed by atoms with E-state index in [0.717, 1.165) is 0 Å². The number of methoxy groups -OCH3 is 2. The van der Waals surface area contributed by atoms with E-state index >= 15 is 0 Å². The van der Waals surface area contributed by atoms with Crippen LogP contribution in [-0.2, 0) is 19.7 Å². The van der Waals surface area contributed by atoms with Crippen molar-refractivity contribution in [1.29, 1.82) is 0 Å². The molecular weight excluding hydrogens is 596 g/mol. The molecule has 2 aliphatic heterocycles. The molecule has 1 unspecified atom stereocenters. The highest BCUT2D eigenvalue weighted by Crippen LogP contribution is 2.57. The number of hydrogen-bond donors (Lipinski definition) is 3. The fourth-order valence-corrected chi connectivity index (χ4v) is 6.74. The van der Waals surface area contributed by atoms with Crippen molar-refractivity contribution in [3.63, 3.8) is 0 Å². The molecule has 5 rings (SSSR count). The molecule has 3 aromatic carbocycles. The Balaban J connectivity index is 1.67. The maximum atomic E-state index is 14.4. The number of benzene rings is 3. The van der Waals surface area contributed by atoms with Crippen molar-refractivity contribution in [2.24, 2.45) is 5.41 Å². The van der Waals surface area contributed by atoms with Crippen molar-refractivity contribution >= 4 is 52.4 Å². The van der Waals surface area contributed by atoms with E-state index < -0.39 is 41.1 Å². The van der Waals surface area contributed by atoms with Gasteiger partial charge in [0.2, 0.25) is 11.8 Å². The number of esters is 1. The predicted molar refractivity (Wildman–Crippen MR) is 164 cm³/mol. The Hall–Kier alpha value is -3.66. The summed E-state index contributed by atoms with van der Waals surface area (Å²) in [5.74, 6) is -2.49. The minimum absolute atomic E-state index is 0.124. The second kappa shape index (κ2) is 11.4. The molecule has 3 aromatic rings. The average Bonchev–Trinajstić information content (AvgIpc) is 3.43. The topological polar surface area (TPSA) is 106 Å². The Morgan fingerprint density at radius 1 is 1.05 bits per heavy atom. The molecule has 0 bridgehead atoms. The highest BCUT2D eigenvalue weighted by molar-refractivity contribution is 6.31. The van der Waals surface area contributed by atoms with E-state index in [4.69, 9.17) is 32.7 Å². The van der Waals surface area contributed by atoms with E-state index in [2.05, 4.69) is 36.7 Å². The third kappa shape index (κ3) is 5.46. The monoisotopic (exact) mass is 627 g/mol. The van der Waals surface area contributed by atoms with Crippen LogP contribution in [0.5, 0.6) is 5.75 Å². The van der Waals surface area contributed by atoms with Crippen LogP contribution in [0.3, 0.4) is 0 Å². The summed E-state index contributed by atoms with van der Waals surface area (Å²) in [5, 5.41) is 9.72. The number of anilines is 2. The first-order chi connectivity index (χ1) is 20.3. The van der Waals surface area contributed by atoms with Gasteiger partial charge < -0.3 is 25.4 Å². The van der Waals surface area contributed by atoms with Crippen LogP contribution in [0, 0.1) is 11.2 Å². The summed E-state index contributed by atoms with van der Waals surface area (Å²) in [6.45, 7) is 6.18. The van der Waals surface area contributed by atoms with E-state index in [9.17, 15) is 18.8 Å². The Labute approximate surface area is 259 Å². The van der Waals surface area contributed by atoms with Gasteiger partial charge in [-0.1, -0.05) is 56.1 Å². The number of rotatable bonds is 6. The molecule has 1 spiro atoms. The van der Waals surface area contributed by atoms with Crippen LogP contribution in [0.25, 0.3) is 0 Å². The molecule has 8 nitrogen and oxygen atoms in total. The first-order valence-electron chi connectivity index (χ1n) is 13.7. The number of hydrogen-bond acceptors (Lipinski definition) is 6. The van der Waals surface area contributed by atoms with Gasteiger partial charge in [-0.15, -0.1) is 0 Å². The molecule has 11 heteroatoms. The Bertz CT molecular complexity index is 1620. The van der Waals surface area contributed by atoms with Gasteiger partial charge in [-0.05, 0) is 65.4 Å². The lowest BCUT2D eigenvalue weighted by Gasteiger charge is -2.37. The number of amides is 2. The highest BCUT2D eigenvalue weighted by atomic mass is 35.5. The minimum Gasteiger partial charge on any atom is -0.495 e. The van der Waals surface area contributed by atoms with Crippen LogP contribution in [-0.4, -0.2) is 44.1 Å². The summed E-state index contributed by atoms with van der Waals surface area (Å²) in [6, 6.07) is 12.5. The molecule has 2 amide bonds. The molecule has 0 saturated carbocycles. The molecule has 0 radical (unpaired) electrons. The normalized spacial score (nSPS) is 22.7. The van der Waals surface area contributed by atoms with Crippen LogP contribution in [0.4, 0.5) is 15.8 Å². The second-order valence-electron chi connectivity index (χ2n) is 12.0. The van der Waals surface area contributed by atoms with Crippen LogP contribution in [0.2, 0.25) is 10.0 Å². The molecule has 0 aromatic heterocycles. The molecule has 1 fully saturated rings. The second-order valence-corrected chi connectivity index (χ2v) is 12.9. The maximum absolute atomic E-state index is 14.4. The largest absolute Gasteiger partial charge is 0.495 e. The van der Waals surface area contributed by atoms with Gasteiger partial charge in [0.15, 0.2) is 0 Å². The van der Waals surface area contributed by atoms with Gasteiger partial charge in [0.05, 0.1) is 36.5 Å². The average molecular weight is 629 g/mol. The highest BCUT2D eigenvalue weighted by Gasteiger charge is 2.65. The number of carbonyl (C=O) groups is 3. The summed E-state index contributed by atoms with van der Waals surface area (Å²) >= 11 is 12.6. The summed E-state index contributed by atoms with van der Waals surface area (Å²) in [7, 11) is 2.69. The number of nitrogens with one attached hydrogen (secondary N) is 3.